The fourth-order valence-corrected chi connectivity index (χ4v) is 1.16. The Balaban J connectivity index is 2.53. The molecule has 2 aromatic rings. The van der Waals surface area contributed by atoms with E-state index in [1.165, 1.54) is 18.3 Å². The van der Waals surface area contributed by atoms with Crippen LogP contribution >= 0.6 is 0 Å². The Hall–Kier alpha value is -2.17. The van der Waals surface area contributed by atoms with Crippen LogP contribution in [0.15, 0.2) is 28.9 Å². The lowest BCUT2D eigenvalue weighted by Crippen LogP contribution is -1.84. The number of benzene rings is 1. The Kier molecular flexibility index (Phi) is 1.78. The molecule has 0 amide bonds. The van der Waals surface area contributed by atoms with Gasteiger partial charge in [0.25, 0.3) is 0 Å². The summed E-state index contributed by atoms with van der Waals surface area (Å²) in [7, 11) is 0. The lowest BCUT2D eigenvalue weighted by molar-refractivity contribution is 0.404. The van der Waals surface area contributed by atoms with Crippen LogP contribution in [0.4, 0.5) is 5.88 Å². The Bertz CT molecular complexity index is 465. The first-order valence-corrected chi connectivity index (χ1v) is 3.91. The third-order valence-corrected chi connectivity index (χ3v) is 1.88. The number of hydrogen-bond donors (Lipinski definition) is 3. The van der Waals surface area contributed by atoms with Gasteiger partial charge in [-0.05, 0) is 17.7 Å². The first-order valence-electron chi connectivity index (χ1n) is 3.91. The molecule has 0 atom stereocenters. The van der Waals surface area contributed by atoms with Gasteiger partial charge in [0.1, 0.15) is 0 Å². The van der Waals surface area contributed by atoms with Gasteiger partial charge < -0.3 is 20.5 Å². The molecule has 0 aliphatic rings. The first kappa shape index (κ1) is 8.43. The minimum absolute atomic E-state index is 0.176. The van der Waals surface area contributed by atoms with E-state index in [1.54, 1.807) is 6.07 Å². The van der Waals surface area contributed by atoms with Crippen LogP contribution in [0.3, 0.4) is 0 Å². The van der Waals surface area contributed by atoms with E-state index >= 15 is 0 Å². The lowest BCUT2D eigenvalue weighted by atomic mass is 10.1. The Labute approximate surface area is 79.4 Å². The molecule has 0 aliphatic heterocycles. The number of phenols is 2. The molecule has 0 aliphatic carbocycles. The molecule has 2 rings (SSSR count). The number of aromatic nitrogens is 1. The van der Waals surface area contributed by atoms with Crippen molar-refractivity contribution in [3.63, 3.8) is 0 Å². The van der Waals surface area contributed by atoms with Crippen molar-refractivity contribution >= 4 is 5.88 Å². The normalized spacial score (nSPS) is 10.3. The third kappa shape index (κ3) is 1.24. The molecular weight excluding hydrogens is 184 g/mol. The standard InChI is InChI=1S/C9H8N2O3/c10-9-6(4-11-14-9)5-1-2-7(12)8(13)3-5/h1-4,12-13H,10H2. The summed E-state index contributed by atoms with van der Waals surface area (Å²) in [5.74, 6) is -0.207. The predicted molar refractivity (Wildman–Crippen MR) is 49.7 cm³/mol. The predicted octanol–water partition coefficient (Wildman–Crippen LogP) is 1.33. The van der Waals surface area contributed by atoms with Crippen molar-refractivity contribution in [2.24, 2.45) is 0 Å². The second-order valence-corrected chi connectivity index (χ2v) is 2.81. The molecule has 14 heavy (non-hydrogen) atoms. The summed E-state index contributed by atoms with van der Waals surface area (Å²) in [6.07, 6.45) is 1.45. The van der Waals surface area contributed by atoms with Crippen LogP contribution in [0.25, 0.3) is 11.1 Å². The molecule has 5 nitrogen and oxygen atoms in total. The maximum atomic E-state index is 9.25. The van der Waals surface area contributed by atoms with E-state index in [2.05, 4.69) is 9.68 Å². The largest absolute Gasteiger partial charge is 0.504 e. The number of rotatable bonds is 1. The lowest BCUT2D eigenvalue weighted by Gasteiger charge is -2.00. The molecule has 0 saturated carbocycles. The summed E-state index contributed by atoms with van der Waals surface area (Å²) < 4.78 is 4.67. The number of anilines is 1. The summed E-state index contributed by atoms with van der Waals surface area (Å²) in [6, 6.07) is 4.37. The van der Waals surface area contributed by atoms with Crippen molar-refractivity contribution < 1.29 is 14.7 Å². The van der Waals surface area contributed by atoms with E-state index in [-0.39, 0.29) is 17.4 Å². The van der Waals surface area contributed by atoms with Crippen LogP contribution in [0.2, 0.25) is 0 Å². The van der Waals surface area contributed by atoms with Gasteiger partial charge in [0.15, 0.2) is 11.5 Å². The van der Waals surface area contributed by atoms with Crippen molar-refractivity contribution in [2.75, 3.05) is 5.73 Å². The van der Waals surface area contributed by atoms with Crippen LogP contribution < -0.4 is 5.73 Å². The topological polar surface area (TPSA) is 92.5 Å². The molecular formula is C9H8N2O3. The molecule has 0 bridgehead atoms. The molecule has 72 valence electrons. The zero-order valence-corrected chi connectivity index (χ0v) is 7.14. The minimum atomic E-state index is -0.205. The van der Waals surface area contributed by atoms with Crippen LogP contribution in [0, 0.1) is 0 Å². The molecule has 0 unspecified atom stereocenters. The van der Waals surface area contributed by atoms with Gasteiger partial charge in [0.05, 0.1) is 11.8 Å². The van der Waals surface area contributed by atoms with Crippen molar-refractivity contribution in [3.05, 3.63) is 24.4 Å². The fraction of sp³-hybridized carbons (Fsp3) is 0. The maximum Gasteiger partial charge on any atom is 0.229 e. The zero-order valence-electron chi connectivity index (χ0n) is 7.14. The monoisotopic (exact) mass is 192 g/mol. The Morgan fingerprint density at radius 1 is 1.21 bits per heavy atom. The Morgan fingerprint density at radius 3 is 2.57 bits per heavy atom. The highest BCUT2D eigenvalue weighted by Crippen LogP contribution is 2.32. The molecule has 5 heteroatoms. The Morgan fingerprint density at radius 2 is 2.00 bits per heavy atom. The number of phenolic OH excluding ortho intramolecular Hbond substituents is 2. The highest BCUT2D eigenvalue weighted by Gasteiger charge is 2.08. The van der Waals surface area contributed by atoms with Gasteiger partial charge in [-0.2, -0.15) is 0 Å². The van der Waals surface area contributed by atoms with Crippen molar-refractivity contribution in [1.29, 1.82) is 0 Å². The van der Waals surface area contributed by atoms with Crippen LogP contribution in [-0.2, 0) is 0 Å². The summed E-state index contributed by atoms with van der Waals surface area (Å²) in [4.78, 5) is 0. The molecule has 0 fully saturated rings. The maximum absolute atomic E-state index is 9.25. The highest BCUT2D eigenvalue weighted by atomic mass is 16.5. The summed E-state index contributed by atoms with van der Waals surface area (Å²) in [5.41, 5.74) is 6.71. The second-order valence-electron chi connectivity index (χ2n) is 2.81. The van der Waals surface area contributed by atoms with E-state index in [4.69, 9.17) is 10.8 Å². The smallest absolute Gasteiger partial charge is 0.229 e. The molecule has 1 heterocycles. The van der Waals surface area contributed by atoms with Gasteiger partial charge >= 0.3 is 0 Å². The van der Waals surface area contributed by atoms with Gasteiger partial charge in [-0.1, -0.05) is 11.2 Å². The number of aromatic hydroxyl groups is 2. The number of hydrogen-bond acceptors (Lipinski definition) is 5. The van der Waals surface area contributed by atoms with E-state index in [9.17, 15) is 5.11 Å². The SMILES string of the molecule is Nc1oncc1-c1ccc(O)c(O)c1. The molecule has 0 spiro atoms. The summed E-state index contributed by atoms with van der Waals surface area (Å²) in [6.45, 7) is 0. The first-order chi connectivity index (χ1) is 6.68. The fourth-order valence-electron chi connectivity index (χ4n) is 1.16. The van der Waals surface area contributed by atoms with E-state index < -0.39 is 0 Å². The summed E-state index contributed by atoms with van der Waals surface area (Å²) >= 11 is 0. The van der Waals surface area contributed by atoms with Crippen molar-refractivity contribution in [2.45, 2.75) is 0 Å². The number of nitrogen functional groups attached to an aromatic ring is 1. The molecule has 1 aromatic carbocycles. The van der Waals surface area contributed by atoms with Gasteiger partial charge in [0, 0.05) is 0 Å². The van der Waals surface area contributed by atoms with Crippen LogP contribution in [0.1, 0.15) is 0 Å². The van der Waals surface area contributed by atoms with Crippen molar-refractivity contribution in [1.82, 2.24) is 5.16 Å². The summed E-state index contributed by atoms with van der Waals surface area (Å²) in [5, 5.41) is 21.8. The van der Waals surface area contributed by atoms with Gasteiger partial charge in [-0.3, -0.25) is 0 Å². The van der Waals surface area contributed by atoms with Crippen LogP contribution in [0.5, 0.6) is 11.5 Å². The molecule has 4 N–H and O–H groups in total. The van der Waals surface area contributed by atoms with E-state index in [0.29, 0.717) is 11.1 Å². The average Bonchev–Trinajstić information content (AvgIpc) is 2.57. The van der Waals surface area contributed by atoms with Crippen LogP contribution in [-0.4, -0.2) is 15.4 Å². The second kappa shape index (κ2) is 2.95. The minimum Gasteiger partial charge on any atom is -0.504 e. The number of nitrogens with two attached hydrogens (primary N) is 1. The van der Waals surface area contributed by atoms with E-state index in [0.717, 1.165) is 0 Å². The zero-order chi connectivity index (χ0) is 10.1. The number of nitrogens with zero attached hydrogens (tertiary/aromatic N) is 1. The molecule has 0 saturated heterocycles. The third-order valence-electron chi connectivity index (χ3n) is 1.88. The average molecular weight is 192 g/mol. The van der Waals surface area contributed by atoms with Gasteiger partial charge in [-0.25, -0.2) is 0 Å². The van der Waals surface area contributed by atoms with Gasteiger partial charge in [0.2, 0.25) is 5.88 Å². The van der Waals surface area contributed by atoms with Gasteiger partial charge in [-0.15, -0.1) is 0 Å². The molecule has 1 aromatic heterocycles. The highest BCUT2D eigenvalue weighted by molar-refractivity contribution is 5.73. The molecule has 0 radical (unpaired) electrons. The van der Waals surface area contributed by atoms with Crippen molar-refractivity contribution in [3.8, 4) is 22.6 Å². The van der Waals surface area contributed by atoms with E-state index in [1.807, 2.05) is 0 Å². The quantitative estimate of drug-likeness (QED) is 0.593.